The third-order valence-corrected chi connectivity index (χ3v) is 7.76. The second kappa shape index (κ2) is 9.47. The van der Waals surface area contributed by atoms with Crippen LogP contribution in [0.2, 0.25) is 0 Å². The number of piperazine rings is 1. The summed E-state index contributed by atoms with van der Waals surface area (Å²) in [4.78, 5) is 14.7. The van der Waals surface area contributed by atoms with Gasteiger partial charge >= 0.3 is 0 Å². The lowest BCUT2D eigenvalue weighted by atomic mass is 10.1. The number of aryl methyl sites for hydroxylation is 1. The Morgan fingerprint density at radius 1 is 0.968 bits per heavy atom. The molecule has 168 valence electrons. The average molecular weight is 466 g/mol. The van der Waals surface area contributed by atoms with Crippen molar-refractivity contribution in [3.8, 4) is 0 Å². The molecular weight excluding hydrogens is 438 g/mol. The molecule has 0 spiro atoms. The monoisotopic (exact) mass is 465 g/mol. The molecule has 2 aromatic carbocycles. The van der Waals surface area contributed by atoms with Gasteiger partial charge in [-0.05, 0) is 48.7 Å². The summed E-state index contributed by atoms with van der Waals surface area (Å²) in [6.07, 6.45) is 1.64. The highest BCUT2D eigenvalue weighted by atomic mass is 32.2. The summed E-state index contributed by atoms with van der Waals surface area (Å²) in [7, 11) is -6.80. The third-order valence-electron chi connectivity index (χ3n) is 5.13. The van der Waals surface area contributed by atoms with Crippen molar-refractivity contribution < 1.29 is 21.6 Å². The number of rotatable bonds is 7. The summed E-state index contributed by atoms with van der Waals surface area (Å²) >= 11 is 0. The van der Waals surface area contributed by atoms with Crippen LogP contribution in [-0.4, -0.2) is 70.9 Å². The van der Waals surface area contributed by atoms with E-state index in [2.05, 4.69) is 4.72 Å². The van der Waals surface area contributed by atoms with Gasteiger partial charge in [-0.3, -0.25) is 4.79 Å². The van der Waals surface area contributed by atoms with Crippen molar-refractivity contribution in [2.45, 2.75) is 18.2 Å². The number of sulfonamides is 2. The van der Waals surface area contributed by atoms with E-state index < -0.39 is 20.0 Å². The highest BCUT2D eigenvalue weighted by molar-refractivity contribution is 7.89. The second-order valence-corrected chi connectivity index (χ2v) is 11.4. The topological polar surface area (TPSA) is 104 Å². The Balaban J connectivity index is 1.57. The van der Waals surface area contributed by atoms with Gasteiger partial charge in [-0.25, -0.2) is 21.6 Å². The maximum Gasteiger partial charge on any atom is 0.253 e. The molecule has 1 fully saturated rings. The SMILES string of the molecule is Cc1cccc(S(=O)(=O)N2CCN(C(=O)c3ccc(CCNS(C)(=O)=O)cc3)CC2)c1. The van der Waals surface area contributed by atoms with Crippen LogP contribution in [0.4, 0.5) is 0 Å². The van der Waals surface area contributed by atoms with E-state index in [-0.39, 0.29) is 23.9 Å². The molecule has 0 aromatic heterocycles. The fraction of sp³-hybridized carbons (Fsp3) is 0.381. The highest BCUT2D eigenvalue weighted by Crippen LogP contribution is 2.19. The van der Waals surface area contributed by atoms with Crippen LogP contribution in [0.1, 0.15) is 21.5 Å². The lowest BCUT2D eigenvalue weighted by Crippen LogP contribution is -2.50. The zero-order valence-electron chi connectivity index (χ0n) is 17.6. The smallest absolute Gasteiger partial charge is 0.253 e. The van der Waals surface area contributed by atoms with Crippen LogP contribution in [0.15, 0.2) is 53.4 Å². The van der Waals surface area contributed by atoms with Crippen molar-refractivity contribution in [3.63, 3.8) is 0 Å². The average Bonchev–Trinajstić information content (AvgIpc) is 2.73. The first-order valence-corrected chi connectivity index (χ1v) is 13.3. The molecule has 31 heavy (non-hydrogen) atoms. The van der Waals surface area contributed by atoms with Crippen LogP contribution >= 0.6 is 0 Å². The van der Waals surface area contributed by atoms with Gasteiger partial charge in [0.05, 0.1) is 11.2 Å². The molecule has 2 aromatic rings. The molecular formula is C21H27N3O5S2. The Hall–Kier alpha value is -2.27. The van der Waals surface area contributed by atoms with Gasteiger partial charge in [0.2, 0.25) is 20.0 Å². The van der Waals surface area contributed by atoms with E-state index in [1.54, 1.807) is 47.4 Å². The van der Waals surface area contributed by atoms with Gasteiger partial charge in [-0.2, -0.15) is 4.31 Å². The van der Waals surface area contributed by atoms with Crippen LogP contribution < -0.4 is 4.72 Å². The van der Waals surface area contributed by atoms with E-state index in [1.807, 2.05) is 13.0 Å². The molecule has 1 saturated heterocycles. The number of carbonyl (C=O) groups excluding carboxylic acids is 1. The van der Waals surface area contributed by atoms with Crippen LogP contribution in [-0.2, 0) is 26.5 Å². The first-order valence-electron chi connectivity index (χ1n) is 9.96. The zero-order chi connectivity index (χ0) is 22.6. The lowest BCUT2D eigenvalue weighted by Gasteiger charge is -2.34. The molecule has 0 radical (unpaired) electrons. The van der Waals surface area contributed by atoms with E-state index in [0.29, 0.717) is 31.6 Å². The third kappa shape index (κ3) is 6.13. The summed E-state index contributed by atoms with van der Waals surface area (Å²) in [6, 6.07) is 13.9. The van der Waals surface area contributed by atoms with Gasteiger partial charge in [0.25, 0.3) is 5.91 Å². The van der Waals surface area contributed by atoms with Crippen LogP contribution in [0.25, 0.3) is 0 Å². The standard InChI is InChI=1S/C21H27N3O5S2/c1-17-4-3-5-20(16-17)31(28,29)24-14-12-23(13-15-24)21(25)19-8-6-18(7-9-19)10-11-22-30(2,26)27/h3-9,16,22H,10-15H2,1-2H3. The van der Waals surface area contributed by atoms with E-state index in [0.717, 1.165) is 17.4 Å². The fourth-order valence-corrected chi connectivity index (χ4v) is 5.43. The largest absolute Gasteiger partial charge is 0.336 e. The minimum Gasteiger partial charge on any atom is -0.336 e. The zero-order valence-corrected chi connectivity index (χ0v) is 19.2. The maximum atomic E-state index is 12.9. The fourth-order valence-electron chi connectivity index (χ4n) is 3.43. The number of hydrogen-bond donors (Lipinski definition) is 1. The maximum absolute atomic E-state index is 12.9. The van der Waals surface area contributed by atoms with Gasteiger partial charge < -0.3 is 4.90 Å². The quantitative estimate of drug-likeness (QED) is 0.663. The van der Waals surface area contributed by atoms with Gasteiger partial charge in [-0.15, -0.1) is 0 Å². The van der Waals surface area contributed by atoms with Crippen molar-refractivity contribution >= 4 is 26.0 Å². The predicted molar refractivity (Wildman–Crippen MR) is 119 cm³/mol. The number of carbonyl (C=O) groups is 1. The van der Waals surface area contributed by atoms with Crippen molar-refractivity contribution in [2.24, 2.45) is 0 Å². The number of nitrogens with zero attached hydrogens (tertiary/aromatic N) is 2. The molecule has 1 heterocycles. The highest BCUT2D eigenvalue weighted by Gasteiger charge is 2.30. The second-order valence-electron chi connectivity index (χ2n) is 7.63. The molecule has 0 saturated carbocycles. The number of benzene rings is 2. The summed E-state index contributed by atoms with van der Waals surface area (Å²) in [5.74, 6) is -0.145. The van der Waals surface area contributed by atoms with Gasteiger partial charge in [0, 0.05) is 38.3 Å². The van der Waals surface area contributed by atoms with Gasteiger partial charge in [0.1, 0.15) is 0 Å². The molecule has 0 unspecified atom stereocenters. The Labute approximate surface area is 184 Å². The summed E-state index contributed by atoms with van der Waals surface area (Å²) in [6.45, 7) is 3.29. The molecule has 3 rings (SSSR count). The Morgan fingerprint density at radius 2 is 1.61 bits per heavy atom. The Kier molecular flexibility index (Phi) is 7.15. The van der Waals surface area contributed by atoms with Crippen molar-refractivity contribution in [3.05, 3.63) is 65.2 Å². The predicted octanol–water partition coefficient (Wildman–Crippen LogP) is 1.23. The molecule has 1 aliphatic rings. The summed E-state index contributed by atoms with van der Waals surface area (Å²) in [5.41, 5.74) is 2.32. The van der Waals surface area contributed by atoms with Crippen LogP contribution in [0.5, 0.6) is 0 Å². The van der Waals surface area contributed by atoms with E-state index in [9.17, 15) is 21.6 Å². The first-order chi connectivity index (χ1) is 14.6. The van der Waals surface area contributed by atoms with Crippen molar-refractivity contribution in [1.82, 2.24) is 13.9 Å². The normalized spacial score (nSPS) is 15.7. The molecule has 0 atom stereocenters. The molecule has 1 aliphatic heterocycles. The van der Waals surface area contributed by atoms with Crippen LogP contribution in [0, 0.1) is 6.92 Å². The number of amides is 1. The molecule has 10 heteroatoms. The van der Waals surface area contributed by atoms with Gasteiger partial charge in [-0.1, -0.05) is 24.3 Å². The molecule has 8 nitrogen and oxygen atoms in total. The van der Waals surface area contributed by atoms with E-state index >= 15 is 0 Å². The lowest BCUT2D eigenvalue weighted by molar-refractivity contribution is 0.0698. The first kappa shape index (κ1) is 23.4. The van der Waals surface area contributed by atoms with Crippen LogP contribution in [0.3, 0.4) is 0 Å². The summed E-state index contributed by atoms with van der Waals surface area (Å²) in [5, 5.41) is 0. The van der Waals surface area contributed by atoms with Crippen molar-refractivity contribution in [2.75, 3.05) is 39.0 Å². The van der Waals surface area contributed by atoms with E-state index in [4.69, 9.17) is 0 Å². The van der Waals surface area contributed by atoms with Gasteiger partial charge in [0.15, 0.2) is 0 Å². The minimum atomic E-state index is -3.58. The van der Waals surface area contributed by atoms with Crippen molar-refractivity contribution in [1.29, 1.82) is 0 Å². The molecule has 1 N–H and O–H groups in total. The molecule has 1 amide bonds. The number of nitrogens with one attached hydrogen (secondary N) is 1. The Morgan fingerprint density at radius 3 is 2.19 bits per heavy atom. The summed E-state index contributed by atoms with van der Waals surface area (Å²) < 4.78 is 51.8. The van der Waals surface area contributed by atoms with E-state index in [1.165, 1.54) is 4.31 Å². The molecule has 0 aliphatic carbocycles. The minimum absolute atomic E-state index is 0.145. The Bertz CT molecular complexity index is 1140. The molecule has 0 bridgehead atoms. The number of hydrogen-bond acceptors (Lipinski definition) is 5.